The van der Waals surface area contributed by atoms with Gasteiger partial charge in [-0.05, 0) is 6.42 Å². The van der Waals surface area contributed by atoms with E-state index in [4.69, 9.17) is 5.11 Å². The Kier molecular flexibility index (Phi) is 4.45. The van der Waals surface area contributed by atoms with Crippen molar-refractivity contribution in [3.05, 3.63) is 0 Å². The highest BCUT2D eigenvalue weighted by atomic mass is 28.3. The Labute approximate surface area is 47.0 Å². The quantitative estimate of drug-likeness (QED) is 0.545. The summed E-state index contributed by atoms with van der Waals surface area (Å²) in [5, 5.41) is 8.34. The fourth-order valence-corrected chi connectivity index (χ4v) is 1.50. The Morgan fingerprint density at radius 2 is 2.00 bits per heavy atom. The van der Waals surface area contributed by atoms with Gasteiger partial charge in [-0.15, -0.1) is 0 Å². The van der Waals surface area contributed by atoms with Crippen LogP contribution in [0.2, 0.25) is 19.1 Å². The highest BCUT2D eigenvalue weighted by Gasteiger charge is 1.91. The normalized spacial score (nSPS) is 10.3. The minimum Gasteiger partial charge on any atom is -0.396 e. The zero-order chi connectivity index (χ0) is 5.70. The minimum absolute atomic E-state index is 0.348. The second kappa shape index (κ2) is 4.34. The van der Waals surface area contributed by atoms with Crippen LogP contribution in [-0.2, 0) is 0 Å². The zero-order valence-corrected chi connectivity index (χ0v) is 6.30. The standard InChI is InChI=1S/C5H14OSi/c1-7(2)5-3-4-6/h6-7H,3-5H2,1-2H3. The van der Waals surface area contributed by atoms with Crippen molar-refractivity contribution in [2.24, 2.45) is 0 Å². The number of aliphatic hydroxyl groups is 1. The molecule has 7 heavy (non-hydrogen) atoms. The first-order valence-corrected chi connectivity index (χ1v) is 6.01. The van der Waals surface area contributed by atoms with Gasteiger partial charge in [-0.1, -0.05) is 19.1 Å². The molecule has 0 fully saturated rings. The van der Waals surface area contributed by atoms with E-state index in [1.54, 1.807) is 0 Å². The fourth-order valence-electron chi connectivity index (χ4n) is 0.500. The third kappa shape index (κ3) is 6.18. The van der Waals surface area contributed by atoms with Crippen molar-refractivity contribution in [1.82, 2.24) is 0 Å². The topological polar surface area (TPSA) is 20.2 Å². The van der Waals surface area contributed by atoms with E-state index in [-0.39, 0.29) is 8.80 Å². The lowest BCUT2D eigenvalue weighted by atomic mass is 10.5. The Bertz CT molecular complexity index is 37.1. The Hall–Kier alpha value is 0.177. The molecule has 2 heteroatoms. The van der Waals surface area contributed by atoms with E-state index in [1.807, 2.05) is 0 Å². The van der Waals surface area contributed by atoms with Gasteiger partial charge in [0.25, 0.3) is 0 Å². The van der Waals surface area contributed by atoms with Crippen LogP contribution in [0.25, 0.3) is 0 Å². The van der Waals surface area contributed by atoms with Gasteiger partial charge in [0.1, 0.15) is 0 Å². The molecule has 0 aromatic carbocycles. The molecule has 0 spiro atoms. The smallest absolute Gasteiger partial charge is 0.0428 e. The molecule has 0 aromatic heterocycles. The second-order valence-corrected chi connectivity index (χ2v) is 5.62. The summed E-state index contributed by atoms with van der Waals surface area (Å²) in [4.78, 5) is 0. The van der Waals surface area contributed by atoms with Crippen LogP contribution in [0.3, 0.4) is 0 Å². The molecule has 0 amide bonds. The van der Waals surface area contributed by atoms with Crippen molar-refractivity contribution in [2.75, 3.05) is 6.61 Å². The highest BCUT2D eigenvalue weighted by Crippen LogP contribution is 1.93. The first-order valence-electron chi connectivity index (χ1n) is 2.88. The van der Waals surface area contributed by atoms with Crippen molar-refractivity contribution >= 4 is 8.80 Å². The molecule has 44 valence electrons. The van der Waals surface area contributed by atoms with Gasteiger partial charge in [-0.25, -0.2) is 0 Å². The molecule has 0 saturated carbocycles. The summed E-state index contributed by atoms with van der Waals surface area (Å²) in [5.74, 6) is 0. The summed E-state index contributed by atoms with van der Waals surface area (Å²) in [6.07, 6.45) is 1.02. The molecular weight excluding hydrogens is 104 g/mol. The molecule has 1 nitrogen and oxygen atoms in total. The largest absolute Gasteiger partial charge is 0.396 e. The van der Waals surface area contributed by atoms with E-state index in [1.165, 1.54) is 6.04 Å². The third-order valence-corrected chi connectivity index (χ3v) is 2.50. The molecule has 0 atom stereocenters. The van der Waals surface area contributed by atoms with Crippen LogP contribution in [-0.4, -0.2) is 20.5 Å². The maximum absolute atomic E-state index is 8.34. The molecule has 0 aliphatic heterocycles. The Balaban J connectivity index is 2.68. The maximum Gasteiger partial charge on any atom is 0.0428 e. The minimum atomic E-state index is -0.348. The molecule has 0 unspecified atom stereocenters. The lowest BCUT2D eigenvalue weighted by Gasteiger charge is -1.96. The average Bonchev–Trinajstić information content (AvgIpc) is 1.61. The van der Waals surface area contributed by atoms with Gasteiger partial charge in [-0.2, -0.15) is 0 Å². The van der Waals surface area contributed by atoms with Gasteiger partial charge in [0.2, 0.25) is 0 Å². The summed E-state index contributed by atoms with van der Waals surface area (Å²) in [6, 6.07) is 1.29. The summed E-state index contributed by atoms with van der Waals surface area (Å²) < 4.78 is 0. The monoisotopic (exact) mass is 118 g/mol. The zero-order valence-electron chi connectivity index (χ0n) is 5.15. The van der Waals surface area contributed by atoms with E-state index in [0.29, 0.717) is 6.61 Å². The summed E-state index contributed by atoms with van der Waals surface area (Å²) >= 11 is 0. The van der Waals surface area contributed by atoms with Crippen LogP contribution in [0.1, 0.15) is 6.42 Å². The molecule has 0 saturated heterocycles. The van der Waals surface area contributed by atoms with E-state index in [0.717, 1.165) is 6.42 Å². The van der Waals surface area contributed by atoms with Crippen molar-refractivity contribution < 1.29 is 5.11 Å². The number of rotatable bonds is 3. The van der Waals surface area contributed by atoms with Gasteiger partial charge >= 0.3 is 0 Å². The predicted octanol–water partition coefficient (Wildman–Crippen LogP) is 0.855. The summed E-state index contributed by atoms with van der Waals surface area (Å²) in [7, 11) is -0.348. The molecule has 0 rings (SSSR count). The molecule has 0 aromatic rings. The van der Waals surface area contributed by atoms with Crippen LogP contribution in [0.5, 0.6) is 0 Å². The highest BCUT2D eigenvalue weighted by molar-refractivity contribution is 6.55. The van der Waals surface area contributed by atoms with Crippen molar-refractivity contribution in [2.45, 2.75) is 25.6 Å². The van der Waals surface area contributed by atoms with Crippen molar-refractivity contribution in [3.63, 3.8) is 0 Å². The van der Waals surface area contributed by atoms with Crippen LogP contribution in [0.15, 0.2) is 0 Å². The molecule has 0 radical (unpaired) electrons. The van der Waals surface area contributed by atoms with E-state index in [9.17, 15) is 0 Å². The Morgan fingerprint density at radius 1 is 1.43 bits per heavy atom. The third-order valence-electron chi connectivity index (χ3n) is 0.940. The summed E-state index contributed by atoms with van der Waals surface area (Å²) in [5.41, 5.74) is 0. The molecule has 0 aliphatic rings. The van der Waals surface area contributed by atoms with Gasteiger partial charge in [0.15, 0.2) is 0 Å². The molecular formula is C5H14OSi. The molecule has 0 heterocycles. The van der Waals surface area contributed by atoms with Crippen LogP contribution in [0.4, 0.5) is 0 Å². The molecule has 1 N–H and O–H groups in total. The number of hydrogen-bond acceptors (Lipinski definition) is 1. The predicted molar refractivity (Wildman–Crippen MR) is 35.4 cm³/mol. The maximum atomic E-state index is 8.34. The molecule has 0 aliphatic carbocycles. The van der Waals surface area contributed by atoms with E-state index in [2.05, 4.69) is 13.1 Å². The van der Waals surface area contributed by atoms with Crippen molar-refractivity contribution in [3.8, 4) is 0 Å². The average molecular weight is 118 g/mol. The van der Waals surface area contributed by atoms with Crippen LogP contribution in [0, 0.1) is 0 Å². The van der Waals surface area contributed by atoms with Crippen LogP contribution >= 0.6 is 0 Å². The van der Waals surface area contributed by atoms with Crippen LogP contribution < -0.4 is 0 Å². The Morgan fingerprint density at radius 3 is 2.14 bits per heavy atom. The van der Waals surface area contributed by atoms with Gasteiger partial charge in [-0.3, -0.25) is 0 Å². The lowest BCUT2D eigenvalue weighted by molar-refractivity contribution is 0.294. The van der Waals surface area contributed by atoms with E-state index >= 15 is 0 Å². The van der Waals surface area contributed by atoms with Gasteiger partial charge in [0, 0.05) is 15.4 Å². The van der Waals surface area contributed by atoms with Gasteiger partial charge in [0.05, 0.1) is 0 Å². The lowest BCUT2D eigenvalue weighted by Crippen LogP contribution is -1.99. The first-order chi connectivity index (χ1) is 3.27. The summed E-state index contributed by atoms with van der Waals surface area (Å²) in [6.45, 7) is 4.98. The SMILES string of the molecule is C[SiH](C)CCCO. The number of hydrogen-bond donors (Lipinski definition) is 1. The fraction of sp³-hybridized carbons (Fsp3) is 1.00. The van der Waals surface area contributed by atoms with E-state index < -0.39 is 0 Å². The molecule has 0 bridgehead atoms. The second-order valence-electron chi connectivity index (χ2n) is 2.26. The van der Waals surface area contributed by atoms with Crippen molar-refractivity contribution in [1.29, 1.82) is 0 Å². The first kappa shape index (κ1) is 7.18. The van der Waals surface area contributed by atoms with Gasteiger partial charge < -0.3 is 5.11 Å². The number of aliphatic hydroxyl groups excluding tert-OH is 1.